The molecule has 2 nitrogen and oxygen atoms in total. The molecule has 2 heteroatoms. The Morgan fingerprint density at radius 2 is 2.14 bits per heavy atom. The first-order valence-corrected chi connectivity index (χ1v) is 6.25. The van der Waals surface area contributed by atoms with Gasteiger partial charge in [0, 0.05) is 6.04 Å². The summed E-state index contributed by atoms with van der Waals surface area (Å²) < 4.78 is 0. The number of hydrogen-bond donors (Lipinski definition) is 2. The van der Waals surface area contributed by atoms with Crippen molar-refractivity contribution < 1.29 is 0 Å². The molecule has 2 rings (SSSR count). The lowest BCUT2D eigenvalue weighted by Crippen LogP contribution is -2.29. The van der Waals surface area contributed by atoms with E-state index in [9.17, 15) is 0 Å². The van der Waals surface area contributed by atoms with Crippen molar-refractivity contribution in [2.45, 2.75) is 39.2 Å². The van der Waals surface area contributed by atoms with Crippen LogP contribution in [0.4, 0.5) is 0 Å². The zero-order valence-electron chi connectivity index (χ0n) is 9.55. The molecule has 0 aromatic carbocycles. The Balaban J connectivity index is 1.59. The predicted octanol–water partition coefficient (Wildman–Crippen LogP) is 1.62. The smallest absolute Gasteiger partial charge is 0.00992 e. The third-order valence-electron chi connectivity index (χ3n) is 3.90. The van der Waals surface area contributed by atoms with Gasteiger partial charge in [-0.1, -0.05) is 20.3 Å². The van der Waals surface area contributed by atoms with Crippen LogP contribution in [0.3, 0.4) is 0 Å². The van der Waals surface area contributed by atoms with Crippen LogP contribution in [0.1, 0.15) is 33.1 Å². The molecule has 0 spiro atoms. The van der Waals surface area contributed by atoms with Crippen molar-refractivity contribution in [3.63, 3.8) is 0 Å². The largest absolute Gasteiger partial charge is 0.316 e. The molecule has 1 heterocycles. The van der Waals surface area contributed by atoms with Gasteiger partial charge in [-0.3, -0.25) is 0 Å². The van der Waals surface area contributed by atoms with E-state index in [-0.39, 0.29) is 0 Å². The summed E-state index contributed by atoms with van der Waals surface area (Å²) in [6.45, 7) is 8.33. The van der Waals surface area contributed by atoms with Gasteiger partial charge >= 0.3 is 0 Å². The van der Waals surface area contributed by atoms with E-state index in [1.165, 1.54) is 38.9 Å². The van der Waals surface area contributed by atoms with Crippen LogP contribution in [0.5, 0.6) is 0 Å². The highest BCUT2D eigenvalue weighted by Crippen LogP contribution is 2.34. The highest BCUT2D eigenvalue weighted by Gasteiger charge is 2.36. The maximum Gasteiger partial charge on any atom is 0.00992 e. The van der Waals surface area contributed by atoms with Crippen molar-refractivity contribution in [3.8, 4) is 0 Å². The molecule has 0 aromatic heterocycles. The van der Waals surface area contributed by atoms with Crippen LogP contribution in [0.15, 0.2) is 0 Å². The van der Waals surface area contributed by atoms with E-state index in [0.717, 1.165) is 23.8 Å². The third-order valence-corrected chi connectivity index (χ3v) is 3.90. The molecule has 1 aliphatic carbocycles. The topological polar surface area (TPSA) is 24.1 Å². The minimum Gasteiger partial charge on any atom is -0.316 e. The molecule has 0 bridgehead atoms. The van der Waals surface area contributed by atoms with Gasteiger partial charge in [0.05, 0.1) is 0 Å². The highest BCUT2D eigenvalue weighted by atomic mass is 15.0. The summed E-state index contributed by atoms with van der Waals surface area (Å²) in [7, 11) is 0. The fourth-order valence-corrected chi connectivity index (χ4v) is 2.63. The number of nitrogens with one attached hydrogen (secondary N) is 2. The first kappa shape index (κ1) is 10.4. The lowest BCUT2D eigenvalue weighted by molar-refractivity contribution is 0.413. The molecule has 2 fully saturated rings. The average molecular weight is 196 g/mol. The summed E-state index contributed by atoms with van der Waals surface area (Å²) in [6.07, 6.45) is 4.21. The summed E-state index contributed by atoms with van der Waals surface area (Å²) in [5.41, 5.74) is 0. The molecule has 0 aromatic rings. The van der Waals surface area contributed by atoms with Crippen molar-refractivity contribution in [2.24, 2.45) is 17.8 Å². The Hall–Kier alpha value is -0.0800. The van der Waals surface area contributed by atoms with Crippen LogP contribution in [-0.2, 0) is 0 Å². The molecule has 2 N–H and O–H groups in total. The second-order valence-corrected chi connectivity index (χ2v) is 5.19. The van der Waals surface area contributed by atoms with Crippen LogP contribution in [0.2, 0.25) is 0 Å². The second kappa shape index (κ2) is 4.63. The average Bonchev–Trinajstić information content (AvgIpc) is 2.78. The Labute approximate surface area is 87.8 Å². The van der Waals surface area contributed by atoms with E-state index in [2.05, 4.69) is 24.5 Å². The van der Waals surface area contributed by atoms with Crippen LogP contribution in [0.25, 0.3) is 0 Å². The molecule has 4 unspecified atom stereocenters. The van der Waals surface area contributed by atoms with Crippen molar-refractivity contribution >= 4 is 0 Å². The Morgan fingerprint density at radius 3 is 2.79 bits per heavy atom. The minimum atomic E-state index is 0.864. The van der Waals surface area contributed by atoms with Gasteiger partial charge < -0.3 is 10.6 Å². The third kappa shape index (κ3) is 2.48. The quantitative estimate of drug-likeness (QED) is 0.698. The van der Waals surface area contributed by atoms with Crippen molar-refractivity contribution in [3.05, 3.63) is 0 Å². The first-order chi connectivity index (χ1) is 6.81. The van der Waals surface area contributed by atoms with Crippen LogP contribution < -0.4 is 10.6 Å². The maximum absolute atomic E-state index is 3.72. The zero-order valence-corrected chi connectivity index (χ0v) is 9.55. The molecular weight excluding hydrogens is 172 g/mol. The second-order valence-electron chi connectivity index (χ2n) is 5.19. The summed E-state index contributed by atoms with van der Waals surface area (Å²) in [4.78, 5) is 0. The van der Waals surface area contributed by atoms with Crippen molar-refractivity contribution in [1.29, 1.82) is 0 Å². The minimum absolute atomic E-state index is 0.864. The standard InChI is InChI=1S/C12H24N2/c1-3-4-10-5-12(10)14-8-11-7-13-6-9(11)2/h9-14H,3-8H2,1-2H3. The molecule has 1 saturated carbocycles. The predicted molar refractivity (Wildman–Crippen MR) is 60.3 cm³/mol. The zero-order chi connectivity index (χ0) is 9.97. The number of rotatable bonds is 5. The van der Waals surface area contributed by atoms with Gasteiger partial charge in [-0.25, -0.2) is 0 Å². The van der Waals surface area contributed by atoms with Gasteiger partial charge in [0.1, 0.15) is 0 Å². The molecule has 82 valence electrons. The molecule has 4 atom stereocenters. The van der Waals surface area contributed by atoms with Gasteiger partial charge in [-0.2, -0.15) is 0 Å². The maximum atomic E-state index is 3.72. The van der Waals surface area contributed by atoms with Gasteiger partial charge in [0.25, 0.3) is 0 Å². The lowest BCUT2D eigenvalue weighted by Gasteiger charge is -2.14. The lowest BCUT2D eigenvalue weighted by atomic mass is 9.98. The molecule has 14 heavy (non-hydrogen) atoms. The van der Waals surface area contributed by atoms with Gasteiger partial charge in [-0.15, -0.1) is 0 Å². The van der Waals surface area contributed by atoms with Crippen LogP contribution in [0, 0.1) is 17.8 Å². The van der Waals surface area contributed by atoms with E-state index < -0.39 is 0 Å². The molecule has 1 saturated heterocycles. The normalized spacial score (nSPS) is 41.6. The van der Waals surface area contributed by atoms with E-state index >= 15 is 0 Å². The van der Waals surface area contributed by atoms with Crippen LogP contribution >= 0.6 is 0 Å². The summed E-state index contributed by atoms with van der Waals surface area (Å²) in [5.74, 6) is 2.74. The molecular formula is C12H24N2. The molecule has 0 amide bonds. The molecule has 0 radical (unpaired) electrons. The summed E-state index contributed by atoms with van der Waals surface area (Å²) in [6, 6.07) is 0.864. The first-order valence-electron chi connectivity index (χ1n) is 6.25. The fraction of sp³-hybridized carbons (Fsp3) is 1.00. The summed E-state index contributed by atoms with van der Waals surface area (Å²) in [5, 5.41) is 7.19. The SMILES string of the molecule is CCCC1CC1NCC1CNCC1C. The van der Waals surface area contributed by atoms with Gasteiger partial charge in [-0.05, 0) is 50.2 Å². The Morgan fingerprint density at radius 1 is 1.29 bits per heavy atom. The molecule has 2 aliphatic rings. The van der Waals surface area contributed by atoms with Crippen LogP contribution in [-0.4, -0.2) is 25.7 Å². The summed E-state index contributed by atoms with van der Waals surface area (Å²) >= 11 is 0. The fourth-order valence-electron chi connectivity index (χ4n) is 2.63. The van der Waals surface area contributed by atoms with Gasteiger partial charge in [0.2, 0.25) is 0 Å². The Bertz CT molecular complexity index is 181. The van der Waals surface area contributed by atoms with E-state index in [0.29, 0.717) is 0 Å². The van der Waals surface area contributed by atoms with Crippen molar-refractivity contribution in [1.82, 2.24) is 10.6 Å². The highest BCUT2D eigenvalue weighted by molar-refractivity contribution is 4.93. The van der Waals surface area contributed by atoms with Crippen molar-refractivity contribution in [2.75, 3.05) is 19.6 Å². The van der Waals surface area contributed by atoms with Gasteiger partial charge in [0.15, 0.2) is 0 Å². The van der Waals surface area contributed by atoms with E-state index in [1.807, 2.05) is 0 Å². The Kier molecular flexibility index (Phi) is 3.45. The van der Waals surface area contributed by atoms with E-state index in [1.54, 1.807) is 0 Å². The number of hydrogen-bond acceptors (Lipinski definition) is 2. The monoisotopic (exact) mass is 196 g/mol. The molecule has 1 aliphatic heterocycles. The van der Waals surface area contributed by atoms with E-state index in [4.69, 9.17) is 0 Å².